The predicted octanol–water partition coefficient (Wildman–Crippen LogP) is 13.8. The van der Waals surface area contributed by atoms with Crippen LogP contribution in [0.3, 0.4) is 0 Å². The molecule has 0 amide bonds. The lowest BCUT2D eigenvalue weighted by atomic mass is 9.99. The fourth-order valence-corrected chi connectivity index (χ4v) is 11.3. The van der Waals surface area contributed by atoms with Crippen molar-refractivity contribution < 1.29 is 0 Å². The molecule has 11 aromatic rings. The molecule has 0 aliphatic rings. The average molecular weight is 745 g/mol. The maximum absolute atomic E-state index is 5.12. The second kappa shape index (κ2) is 12.7. The van der Waals surface area contributed by atoms with Crippen LogP contribution in [0.15, 0.2) is 168 Å². The Labute approximate surface area is 322 Å². The third kappa shape index (κ3) is 5.12. The van der Waals surface area contributed by atoms with Gasteiger partial charge in [0.25, 0.3) is 0 Å². The first-order chi connectivity index (χ1) is 26.8. The van der Waals surface area contributed by atoms with Crippen molar-refractivity contribution in [3.05, 3.63) is 168 Å². The molecule has 5 aromatic heterocycles. The first-order valence-corrected chi connectivity index (χ1v) is 20.3. The first kappa shape index (κ1) is 31.3. The lowest BCUT2D eigenvalue weighted by Gasteiger charge is -2.09. The number of rotatable bonds is 6. The van der Waals surface area contributed by atoms with Gasteiger partial charge in [-0.3, -0.25) is 0 Å². The van der Waals surface area contributed by atoms with Crippen LogP contribution in [0.2, 0.25) is 0 Å². The van der Waals surface area contributed by atoms with Gasteiger partial charge < -0.3 is 4.57 Å². The largest absolute Gasteiger partial charge is 0.309 e. The Kier molecular flexibility index (Phi) is 7.36. The molecule has 6 aromatic carbocycles. The van der Waals surface area contributed by atoms with E-state index in [-0.39, 0.29) is 0 Å². The van der Waals surface area contributed by atoms with Crippen molar-refractivity contribution in [3.63, 3.8) is 0 Å². The summed E-state index contributed by atoms with van der Waals surface area (Å²) >= 11 is 5.46. The molecule has 0 spiro atoms. The van der Waals surface area contributed by atoms with Crippen LogP contribution in [0.5, 0.6) is 0 Å². The number of para-hydroxylation sites is 1. The highest BCUT2D eigenvalue weighted by atomic mass is 32.2. The normalized spacial score (nSPS) is 11.7. The smallest absolute Gasteiger partial charge is 0.165 e. The minimum absolute atomic E-state index is 0.672. The quantitative estimate of drug-likeness (QED) is 0.170. The Morgan fingerprint density at radius 3 is 1.44 bits per heavy atom. The zero-order chi connectivity index (χ0) is 35.6. The van der Waals surface area contributed by atoms with Gasteiger partial charge in [0.2, 0.25) is 0 Å². The molecule has 11 rings (SSSR count). The molecule has 54 heavy (non-hydrogen) atoms. The average Bonchev–Trinajstić information content (AvgIpc) is 4.01. The Morgan fingerprint density at radius 1 is 0.389 bits per heavy atom. The highest BCUT2D eigenvalue weighted by Gasteiger charge is 2.23. The predicted molar refractivity (Wildman–Crippen MR) is 230 cm³/mol. The van der Waals surface area contributed by atoms with Gasteiger partial charge in [0.1, 0.15) is 0 Å². The summed E-state index contributed by atoms with van der Waals surface area (Å²) < 4.78 is 4.99. The molecule has 0 fully saturated rings. The Bertz CT molecular complexity index is 3080. The van der Waals surface area contributed by atoms with E-state index in [1.807, 2.05) is 59.1 Å². The third-order valence-corrected chi connectivity index (χ3v) is 13.5. The molecule has 0 unspecified atom stereocenters. The molecule has 254 valence electrons. The van der Waals surface area contributed by atoms with Crippen LogP contribution in [0, 0.1) is 0 Å². The minimum atomic E-state index is 0.672. The zero-order valence-corrected chi connectivity index (χ0v) is 31.1. The van der Waals surface area contributed by atoms with Crippen LogP contribution in [0.4, 0.5) is 0 Å². The van der Waals surface area contributed by atoms with E-state index in [0.717, 1.165) is 22.4 Å². The highest BCUT2D eigenvalue weighted by Crippen LogP contribution is 2.50. The SMILES string of the molecule is c1ccc(-c2ccc3c(c2)c2cc(-c4csc5sc6scc(-c7nc(-c8ccccc8)nc(-c8ccccc8)n7)c6c45)ccc2n3-c2ccccc2)cc1. The van der Waals surface area contributed by atoms with Crippen LogP contribution in [0.1, 0.15) is 0 Å². The van der Waals surface area contributed by atoms with Gasteiger partial charge in [-0.1, -0.05) is 121 Å². The molecule has 0 bridgehead atoms. The fourth-order valence-electron chi connectivity index (χ4n) is 7.55. The Morgan fingerprint density at radius 2 is 0.852 bits per heavy atom. The molecule has 4 nitrogen and oxygen atoms in total. The number of aromatic nitrogens is 4. The first-order valence-electron chi connectivity index (χ1n) is 17.7. The Hall–Kier alpha value is -6.25. The van der Waals surface area contributed by atoms with Gasteiger partial charge in [-0.15, -0.1) is 34.0 Å². The van der Waals surface area contributed by atoms with Crippen molar-refractivity contribution in [2.45, 2.75) is 0 Å². The summed E-state index contributed by atoms with van der Waals surface area (Å²) in [5.41, 5.74) is 11.4. The summed E-state index contributed by atoms with van der Waals surface area (Å²) in [4.78, 5) is 15.2. The molecule has 0 saturated heterocycles. The van der Waals surface area contributed by atoms with E-state index in [0.29, 0.717) is 17.5 Å². The second-order valence-electron chi connectivity index (χ2n) is 13.3. The molecule has 0 N–H and O–H groups in total. The molecular formula is C47H28N4S3. The highest BCUT2D eigenvalue weighted by molar-refractivity contribution is 7.48. The number of hydrogen-bond acceptors (Lipinski definition) is 6. The van der Waals surface area contributed by atoms with Crippen LogP contribution in [0.25, 0.3) is 103 Å². The van der Waals surface area contributed by atoms with E-state index in [1.165, 1.54) is 62.9 Å². The van der Waals surface area contributed by atoms with Gasteiger partial charge in [0.15, 0.2) is 17.5 Å². The van der Waals surface area contributed by atoms with E-state index < -0.39 is 0 Å². The van der Waals surface area contributed by atoms with E-state index in [2.05, 4.69) is 137 Å². The molecule has 0 aliphatic carbocycles. The maximum atomic E-state index is 5.12. The topological polar surface area (TPSA) is 43.6 Å². The van der Waals surface area contributed by atoms with E-state index >= 15 is 0 Å². The molecule has 5 heterocycles. The van der Waals surface area contributed by atoms with Gasteiger partial charge in [-0.2, -0.15) is 0 Å². The van der Waals surface area contributed by atoms with Gasteiger partial charge >= 0.3 is 0 Å². The maximum Gasteiger partial charge on any atom is 0.165 e. The number of thiophene rings is 3. The van der Waals surface area contributed by atoms with Gasteiger partial charge in [-0.05, 0) is 53.1 Å². The third-order valence-electron chi connectivity index (χ3n) is 10.1. The molecule has 7 heteroatoms. The van der Waals surface area contributed by atoms with Gasteiger partial charge in [0, 0.05) is 60.2 Å². The van der Waals surface area contributed by atoms with E-state index in [4.69, 9.17) is 15.0 Å². The number of fused-ring (bicyclic) bond motifs is 6. The van der Waals surface area contributed by atoms with Crippen molar-refractivity contribution in [2.75, 3.05) is 0 Å². The zero-order valence-electron chi connectivity index (χ0n) is 28.7. The molecular weight excluding hydrogens is 717 g/mol. The van der Waals surface area contributed by atoms with Crippen LogP contribution in [-0.4, -0.2) is 19.5 Å². The standard InChI is InChI=1S/C47H28N4S3/c1-5-13-29(14-6-1)32-21-23-39-35(25-32)36-26-33(22-24-40(36)51(39)34-19-11-4-12-20-34)37-27-52-46-41(37)42-38(28-53-47(42)54-46)45-49-43(30-15-7-2-8-16-30)48-44(50-45)31-17-9-3-10-18-31/h1-28H. The minimum Gasteiger partial charge on any atom is -0.309 e. The second-order valence-corrected chi connectivity index (χ2v) is 16.6. The summed E-state index contributed by atoms with van der Waals surface area (Å²) in [6.07, 6.45) is 0. The lowest BCUT2D eigenvalue weighted by Crippen LogP contribution is -1.99. The summed E-state index contributed by atoms with van der Waals surface area (Å²) in [5.74, 6) is 2.04. The van der Waals surface area contributed by atoms with Crippen molar-refractivity contribution >= 4 is 74.6 Å². The number of benzene rings is 6. The van der Waals surface area contributed by atoms with Crippen LogP contribution in [-0.2, 0) is 0 Å². The van der Waals surface area contributed by atoms with Crippen molar-refractivity contribution in [3.8, 4) is 62.1 Å². The lowest BCUT2D eigenvalue weighted by molar-refractivity contribution is 1.08. The summed E-state index contributed by atoms with van der Waals surface area (Å²) in [6, 6.07) is 55.6. The van der Waals surface area contributed by atoms with E-state index in [9.17, 15) is 0 Å². The van der Waals surface area contributed by atoms with E-state index in [1.54, 1.807) is 11.3 Å². The number of hydrogen-bond donors (Lipinski definition) is 0. The van der Waals surface area contributed by atoms with Gasteiger partial charge in [0.05, 0.1) is 19.1 Å². The summed E-state index contributed by atoms with van der Waals surface area (Å²) in [6.45, 7) is 0. The molecule has 0 aliphatic heterocycles. The molecule has 0 saturated carbocycles. The van der Waals surface area contributed by atoms with Crippen LogP contribution < -0.4 is 0 Å². The van der Waals surface area contributed by atoms with Gasteiger partial charge in [-0.25, -0.2) is 15.0 Å². The summed E-state index contributed by atoms with van der Waals surface area (Å²) in [7, 11) is 0. The van der Waals surface area contributed by atoms with Crippen molar-refractivity contribution in [1.29, 1.82) is 0 Å². The Balaban J connectivity index is 1.12. The molecule has 0 atom stereocenters. The molecule has 0 radical (unpaired) electrons. The van der Waals surface area contributed by atoms with Crippen LogP contribution >= 0.6 is 34.0 Å². The monoisotopic (exact) mass is 744 g/mol. The fraction of sp³-hybridized carbons (Fsp3) is 0. The number of nitrogens with zero attached hydrogens (tertiary/aromatic N) is 4. The summed E-state index contributed by atoms with van der Waals surface area (Å²) in [5, 5.41) is 9.52. The van der Waals surface area contributed by atoms with Crippen molar-refractivity contribution in [1.82, 2.24) is 19.5 Å². The van der Waals surface area contributed by atoms with Crippen molar-refractivity contribution in [2.24, 2.45) is 0 Å².